The third-order valence-corrected chi connectivity index (χ3v) is 6.22. The molecule has 2 heterocycles. The van der Waals surface area contributed by atoms with E-state index in [0.717, 1.165) is 11.3 Å². The van der Waals surface area contributed by atoms with Gasteiger partial charge in [-0.2, -0.15) is 0 Å². The van der Waals surface area contributed by atoms with E-state index in [9.17, 15) is 9.59 Å². The van der Waals surface area contributed by atoms with Crippen molar-refractivity contribution >= 4 is 57.8 Å². The van der Waals surface area contributed by atoms with Gasteiger partial charge in [-0.3, -0.25) is 19.4 Å². The number of carbonyl (C=O) groups is 2. The molecule has 9 heteroatoms. The summed E-state index contributed by atoms with van der Waals surface area (Å²) in [6.45, 7) is 0.649. The first-order valence-electron chi connectivity index (χ1n) is 9.32. The zero-order chi connectivity index (χ0) is 21.7. The van der Waals surface area contributed by atoms with Gasteiger partial charge >= 0.3 is 0 Å². The van der Waals surface area contributed by atoms with Gasteiger partial charge in [0.05, 0.1) is 17.2 Å². The van der Waals surface area contributed by atoms with Gasteiger partial charge in [0.2, 0.25) is 5.91 Å². The van der Waals surface area contributed by atoms with Gasteiger partial charge in [0.25, 0.3) is 5.91 Å². The monoisotopic (exact) mass is 463 g/mol. The van der Waals surface area contributed by atoms with Crippen LogP contribution in [0.3, 0.4) is 0 Å². The first-order valence-corrected chi connectivity index (χ1v) is 10.9. The lowest BCUT2D eigenvalue weighted by Gasteiger charge is -2.23. The average Bonchev–Trinajstić information content (AvgIpc) is 3.31. The molecule has 1 fully saturated rings. The van der Waals surface area contributed by atoms with Crippen molar-refractivity contribution in [1.29, 1.82) is 0 Å². The molecule has 0 saturated carbocycles. The first kappa shape index (κ1) is 22.6. The van der Waals surface area contributed by atoms with Crippen LogP contribution in [0.5, 0.6) is 0 Å². The van der Waals surface area contributed by atoms with Crippen molar-refractivity contribution in [1.82, 2.24) is 15.1 Å². The van der Waals surface area contributed by atoms with Crippen LogP contribution in [0, 0.1) is 0 Å². The van der Waals surface area contributed by atoms with Crippen molar-refractivity contribution in [2.75, 3.05) is 27.2 Å². The zero-order valence-corrected chi connectivity index (χ0v) is 19.0. The third kappa shape index (κ3) is 5.72. The van der Waals surface area contributed by atoms with E-state index in [1.165, 1.54) is 16.7 Å². The molecule has 158 valence electrons. The lowest BCUT2D eigenvalue weighted by Crippen LogP contribution is -2.37. The van der Waals surface area contributed by atoms with Gasteiger partial charge < -0.3 is 9.73 Å². The Bertz CT molecular complexity index is 943. The molecule has 1 aliphatic rings. The maximum atomic E-state index is 12.7. The number of hydrogen-bond acceptors (Lipinski definition) is 6. The lowest BCUT2D eigenvalue weighted by molar-refractivity contribution is -0.124. The van der Waals surface area contributed by atoms with Crippen molar-refractivity contribution in [2.45, 2.75) is 12.5 Å². The summed E-state index contributed by atoms with van der Waals surface area (Å²) < 4.78 is 5.90. The fraction of sp³-hybridized carbons (Fsp3) is 0.286. The number of halogens is 1. The highest BCUT2D eigenvalue weighted by molar-refractivity contribution is 8.26. The minimum atomic E-state index is -0.186. The Labute approximate surface area is 190 Å². The van der Waals surface area contributed by atoms with Crippen LogP contribution < -0.4 is 5.32 Å². The topological polar surface area (TPSA) is 65.8 Å². The van der Waals surface area contributed by atoms with Crippen molar-refractivity contribution in [3.05, 3.63) is 63.9 Å². The molecule has 1 atom stereocenters. The van der Waals surface area contributed by atoms with E-state index in [4.69, 9.17) is 28.2 Å². The minimum absolute atomic E-state index is 0.0667. The summed E-state index contributed by atoms with van der Waals surface area (Å²) in [4.78, 5) is 29.0. The zero-order valence-electron chi connectivity index (χ0n) is 16.6. The summed E-state index contributed by atoms with van der Waals surface area (Å²) in [5.74, 6) is 0.447. The van der Waals surface area contributed by atoms with Crippen LogP contribution in [0.1, 0.15) is 23.8 Å². The Kier molecular flexibility index (Phi) is 7.71. The molecule has 0 spiro atoms. The number of nitrogens with one attached hydrogen (secondary N) is 1. The summed E-state index contributed by atoms with van der Waals surface area (Å²) in [6.07, 6.45) is 3.56. The molecule has 1 aromatic carbocycles. The van der Waals surface area contributed by atoms with E-state index in [1.54, 1.807) is 24.5 Å². The number of thiocarbonyl (C=S) groups is 1. The molecule has 1 aliphatic heterocycles. The second-order valence-corrected chi connectivity index (χ2v) is 9.05. The fourth-order valence-corrected chi connectivity index (χ4v) is 4.37. The highest BCUT2D eigenvalue weighted by Gasteiger charge is 2.32. The summed E-state index contributed by atoms with van der Waals surface area (Å²) >= 11 is 12.5. The van der Waals surface area contributed by atoms with Crippen LogP contribution in [0.15, 0.2) is 52.0 Å². The number of carbonyl (C=O) groups excluding carboxylic acids is 2. The molecule has 30 heavy (non-hydrogen) atoms. The second kappa shape index (κ2) is 10.3. The molecule has 1 N–H and O–H groups in total. The molecule has 0 radical (unpaired) electrons. The number of rotatable bonds is 8. The summed E-state index contributed by atoms with van der Waals surface area (Å²) in [6, 6.07) is 10.8. The van der Waals surface area contributed by atoms with Gasteiger partial charge in [0.1, 0.15) is 10.1 Å². The van der Waals surface area contributed by atoms with Gasteiger partial charge in [0, 0.05) is 24.5 Å². The second-order valence-electron chi connectivity index (χ2n) is 6.93. The lowest BCUT2D eigenvalue weighted by atomic mass is 10.2. The normalized spacial score (nSPS) is 16.5. The van der Waals surface area contributed by atoms with Gasteiger partial charge in [-0.15, -0.1) is 0 Å². The highest BCUT2D eigenvalue weighted by atomic mass is 35.5. The molecule has 2 amide bonds. The highest BCUT2D eigenvalue weighted by Crippen LogP contribution is 2.32. The number of thioether (sulfide) groups is 1. The maximum absolute atomic E-state index is 12.7. The number of amides is 2. The van der Waals surface area contributed by atoms with Crippen LogP contribution in [-0.4, -0.2) is 53.1 Å². The van der Waals surface area contributed by atoms with Crippen LogP contribution in [0.4, 0.5) is 0 Å². The number of furan rings is 1. The number of benzene rings is 1. The average molecular weight is 464 g/mol. The molecule has 0 bridgehead atoms. The summed E-state index contributed by atoms with van der Waals surface area (Å²) in [7, 11) is 3.85. The molecule has 3 rings (SSSR count). The molecule has 0 aliphatic carbocycles. The molecule has 1 saturated heterocycles. The Morgan fingerprint density at radius 1 is 1.33 bits per heavy atom. The van der Waals surface area contributed by atoms with E-state index < -0.39 is 0 Å². The van der Waals surface area contributed by atoms with Crippen molar-refractivity contribution in [3.8, 4) is 0 Å². The van der Waals surface area contributed by atoms with Crippen LogP contribution in [0.25, 0.3) is 6.08 Å². The third-order valence-electron chi connectivity index (χ3n) is 4.59. The largest absolute Gasteiger partial charge is 0.468 e. The van der Waals surface area contributed by atoms with Gasteiger partial charge in [-0.25, -0.2) is 0 Å². The van der Waals surface area contributed by atoms with Gasteiger partial charge in [-0.05, 0) is 50.0 Å². The van der Waals surface area contributed by atoms with Gasteiger partial charge in [-0.1, -0.05) is 47.7 Å². The Morgan fingerprint density at radius 2 is 2.07 bits per heavy atom. The fourth-order valence-electron chi connectivity index (χ4n) is 2.93. The van der Waals surface area contributed by atoms with E-state index in [1.807, 2.05) is 43.3 Å². The first-order chi connectivity index (χ1) is 14.3. The quantitative estimate of drug-likeness (QED) is 0.472. The van der Waals surface area contributed by atoms with Crippen molar-refractivity contribution in [2.24, 2.45) is 0 Å². The number of hydrogen-bond donors (Lipinski definition) is 1. The molecule has 1 unspecified atom stereocenters. The molecule has 1 aromatic heterocycles. The Hall–Kier alpha value is -2.13. The number of likely N-dealkylation sites (N-methyl/N-ethyl adjacent to an activating group) is 1. The minimum Gasteiger partial charge on any atom is -0.468 e. The molecular weight excluding hydrogens is 442 g/mol. The molecular formula is C21H22ClN3O3S2. The Morgan fingerprint density at radius 3 is 2.70 bits per heavy atom. The smallest absolute Gasteiger partial charge is 0.266 e. The maximum Gasteiger partial charge on any atom is 0.266 e. The standard InChI is InChI=1S/C21H22ClN3O3S2/c1-24(2)16(17-4-3-11-28-17)13-23-19(26)9-10-25-20(27)18(30-21(25)29)12-14-5-7-15(22)8-6-14/h3-8,11-12,16H,9-10,13H2,1-2H3,(H,23,26)/b18-12-. The van der Waals surface area contributed by atoms with E-state index in [-0.39, 0.29) is 30.8 Å². The molecule has 2 aromatic rings. The molecule has 6 nitrogen and oxygen atoms in total. The van der Waals surface area contributed by atoms with Crippen LogP contribution in [-0.2, 0) is 9.59 Å². The van der Waals surface area contributed by atoms with E-state index >= 15 is 0 Å². The van der Waals surface area contributed by atoms with Crippen LogP contribution in [0.2, 0.25) is 5.02 Å². The van der Waals surface area contributed by atoms with E-state index in [2.05, 4.69) is 5.32 Å². The van der Waals surface area contributed by atoms with Crippen molar-refractivity contribution < 1.29 is 14.0 Å². The summed E-state index contributed by atoms with van der Waals surface area (Å²) in [5.41, 5.74) is 0.866. The predicted octanol–water partition coefficient (Wildman–Crippen LogP) is 3.94. The number of nitrogens with zero attached hydrogens (tertiary/aromatic N) is 2. The van der Waals surface area contributed by atoms with E-state index in [0.29, 0.717) is 20.8 Å². The van der Waals surface area contributed by atoms with Crippen molar-refractivity contribution in [3.63, 3.8) is 0 Å². The van der Waals surface area contributed by atoms with Gasteiger partial charge in [0.15, 0.2) is 0 Å². The van der Waals surface area contributed by atoms with Crippen LogP contribution >= 0.6 is 35.6 Å². The SMILES string of the molecule is CN(C)C(CNC(=O)CCN1C(=O)/C(=C/c2ccc(Cl)cc2)SC1=S)c1ccco1. The Balaban J connectivity index is 1.53. The summed E-state index contributed by atoms with van der Waals surface area (Å²) in [5, 5.41) is 3.54. The predicted molar refractivity (Wildman–Crippen MR) is 124 cm³/mol.